The largest absolute Gasteiger partial charge is 0.360 e. The summed E-state index contributed by atoms with van der Waals surface area (Å²) in [6.07, 6.45) is 16.4. The van der Waals surface area contributed by atoms with Crippen LogP contribution >= 0.6 is 23.2 Å². The second-order valence-corrected chi connectivity index (χ2v) is 31.4. The minimum Gasteiger partial charge on any atom is -0.360 e. The first-order chi connectivity index (χ1) is 63.8. The zero-order valence-electron chi connectivity index (χ0n) is 70.4. The minimum absolute atomic E-state index is 0.0903. The van der Waals surface area contributed by atoms with Crippen LogP contribution in [-0.2, 0) is 7.05 Å². The van der Waals surface area contributed by atoms with Gasteiger partial charge < -0.3 is 21.3 Å². The molecule has 0 unspecified atom stereocenters. The Kier molecular flexibility index (Phi) is 24.1. The molecule has 13 heterocycles. The lowest BCUT2D eigenvalue weighted by Gasteiger charge is -2.22. The molecule has 0 fully saturated rings. The van der Waals surface area contributed by atoms with Crippen molar-refractivity contribution >= 4 is 134 Å². The van der Waals surface area contributed by atoms with E-state index in [0.29, 0.717) is 122 Å². The van der Waals surface area contributed by atoms with E-state index in [2.05, 4.69) is 92.2 Å². The van der Waals surface area contributed by atoms with Gasteiger partial charge in [0, 0.05) is 83.4 Å². The van der Waals surface area contributed by atoms with Crippen LogP contribution in [0.1, 0.15) is 74.6 Å². The highest BCUT2D eigenvalue weighted by molar-refractivity contribution is 6.36. The summed E-state index contributed by atoms with van der Waals surface area (Å²) in [4.78, 5) is 107. The second kappa shape index (κ2) is 37.1. The summed E-state index contributed by atoms with van der Waals surface area (Å²) in [5, 5.41) is 22.3. The van der Waals surface area contributed by atoms with Crippen molar-refractivity contribution < 1.29 is 13.2 Å². The second-order valence-electron chi connectivity index (χ2n) is 30.6. The number of halogens is 5. The molecule has 31 heteroatoms. The van der Waals surface area contributed by atoms with Crippen LogP contribution in [0.3, 0.4) is 0 Å². The van der Waals surface area contributed by atoms with Crippen LogP contribution < -0.4 is 43.5 Å². The van der Waals surface area contributed by atoms with Gasteiger partial charge in [0.05, 0.1) is 89.7 Å². The van der Waals surface area contributed by atoms with Crippen LogP contribution in [-0.4, -0.2) is 87.9 Å². The lowest BCUT2D eigenvalue weighted by molar-refractivity contribution is 0.625. The minimum atomic E-state index is -0.631. The molecular weight excluding hydrogens is 1700 g/mol. The first-order valence-corrected chi connectivity index (χ1v) is 42.2. The normalized spacial score (nSPS) is 12.2. The number of hydrogen-bond acceptors (Lipinski definition) is 21. The van der Waals surface area contributed by atoms with Crippen molar-refractivity contribution in [2.24, 2.45) is 7.05 Å². The summed E-state index contributed by atoms with van der Waals surface area (Å²) in [6, 6.07) is 73.5. The molecule has 21 rings (SSSR count). The van der Waals surface area contributed by atoms with E-state index in [-0.39, 0.29) is 51.3 Å². The Morgan fingerprint density at radius 3 is 1.13 bits per heavy atom. The molecule has 21 aromatic rings. The number of aryl methyl sites for hydroxylation is 1. The van der Waals surface area contributed by atoms with Crippen molar-refractivity contribution in [3.05, 3.63) is 409 Å². The lowest BCUT2D eigenvalue weighted by atomic mass is 9.99. The maximum Gasteiger partial charge on any atom is 0.264 e. The van der Waals surface area contributed by atoms with E-state index in [0.717, 1.165) is 44.6 Å². The van der Waals surface area contributed by atoms with Gasteiger partial charge in [-0.1, -0.05) is 126 Å². The van der Waals surface area contributed by atoms with Gasteiger partial charge in [-0.05, 0) is 206 Å². The van der Waals surface area contributed by atoms with E-state index in [9.17, 15) is 32.3 Å². The number of rotatable bonds is 17. The molecule has 0 aliphatic heterocycles. The summed E-state index contributed by atoms with van der Waals surface area (Å²) in [5.41, 5.74) is 11.5. The molecular formula is C100H75Cl2F3N22O4. The molecule has 0 spiro atoms. The number of nitrogens with zero attached hydrogens (tertiary/aromatic N) is 18. The van der Waals surface area contributed by atoms with Gasteiger partial charge in [0.1, 0.15) is 64.8 Å². The molecule has 131 heavy (non-hydrogen) atoms. The number of benzene rings is 8. The summed E-state index contributed by atoms with van der Waals surface area (Å²) in [6.45, 7) is 7.78. The van der Waals surface area contributed by atoms with Crippen molar-refractivity contribution in [3.63, 3.8) is 0 Å². The molecule has 8 aromatic carbocycles. The Hall–Kier alpha value is -16.7. The molecule has 4 atom stereocenters. The van der Waals surface area contributed by atoms with Crippen LogP contribution in [0.15, 0.2) is 336 Å². The monoisotopic (exact) mass is 1770 g/mol. The summed E-state index contributed by atoms with van der Waals surface area (Å²) in [7, 11) is 1.87. The number of aromatic nitrogens is 18. The van der Waals surface area contributed by atoms with Gasteiger partial charge in [-0.2, -0.15) is 5.10 Å². The van der Waals surface area contributed by atoms with E-state index >= 15 is 0 Å². The highest BCUT2D eigenvalue weighted by atomic mass is 35.5. The van der Waals surface area contributed by atoms with Crippen LogP contribution in [0.5, 0.6) is 0 Å². The van der Waals surface area contributed by atoms with Crippen molar-refractivity contribution in [1.82, 2.24) is 87.9 Å². The van der Waals surface area contributed by atoms with E-state index in [1.165, 1.54) is 60.2 Å². The Morgan fingerprint density at radius 1 is 0.328 bits per heavy atom. The summed E-state index contributed by atoms with van der Waals surface area (Å²) >= 11 is 12.5. The third-order valence-electron chi connectivity index (χ3n) is 22.1. The Morgan fingerprint density at radius 2 is 0.695 bits per heavy atom. The third-order valence-corrected chi connectivity index (χ3v) is 22.8. The highest BCUT2D eigenvalue weighted by Crippen LogP contribution is 2.36. The molecule has 26 nitrogen and oxygen atoms in total. The Labute approximate surface area is 753 Å². The van der Waals surface area contributed by atoms with Crippen molar-refractivity contribution in [2.75, 3.05) is 21.3 Å². The topological polar surface area (TPSA) is 309 Å². The number of fused-ring (bicyclic) bond motifs is 8. The average Bonchev–Trinajstić information content (AvgIpc) is 1.58. The quantitative estimate of drug-likeness (QED) is 0.0658. The molecule has 0 saturated carbocycles. The van der Waals surface area contributed by atoms with Gasteiger partial charge >= 0.3 is 0 Å². The predicted molar refractivity (Wildman–Crippen MR) is 508 cm³/mol. The van der Waals surface area contributed by atoms with Crippen LogP contribution in [0.2, 0.25) is 10.0 Å². The molecule has 0 bridgehead atoms. The number of pyridine rings is 8. The maximum absolute atomic E-state index is 14.2. The van der Waals surface area contributed by atoms with Crippen molar-refractivity contribution in [2.45, 2.75) is 51.9 Å². The van der Waals surface area contributed by atoms with E-state index in [4.69, 9.17) is 23.2 Å². The molecule has 0 amide bonds. The van der Waals surface area contributed by atoms with Crippen molar-refractivity contribution in [3.8, 4) is 33.9 Å². The average molecular weight is 1780 g/mol. The first-order valence-electron chi connectivity index (χ1n) is 41.4. The Bertz CT molecular complexity index is 8180. The highest BCUT2D eigenvalue weighted by Gasteiger charge is 2.26. The van der Waals surface area contributed by atoms with Crippen LogP contribution in [0.4, 0.5) is 36.4 Å². The molecule has 13 aromatic heterocycles. The fourth-order valence-corrected chi connectivity index (χ4v) is 16.5. The SMILES string of the molecule is C[C@H](Nc1ncnc2cccnc12)c1cc2ccc(F)c(Cl)c2c(=O)n1-c1ccccc1.C[C@H](Nc1ncnc2cccnc12)c1cc2ccc(F)cc2c(=O)n1-c1ccccc1.C[C@H](Nc1ncnc2cccnc12)c1cc2cccc(-c3cnn(C)c3)c2c(=O)n1-c1ccccc1.C[C@H](Nc1ncnc2cccnc12)c1cc2cccc(Cl)c2c(=O)n1-c1cccc(F)c1. The number of nitrogens with one attached hydrogen (secondary N) is 4. The molecule has 0 saturated heterocycles. The molecule has 4 N–H and O–H groups in total. The van der Waals surface area contributed by atoms with Gasteiger partial charge in [-0.3, -0.25) is 62.1 Å². The fourth-order valence-electron chi connectivity index (χ4n) is 16.0. The van der Waals surface area contributed by atoms with Gasteiger partial charge in [0.25, 0.3) is 22.2 Å². The molecule has 644 valence electrons. The first kappa shape index (κ1) is 85.1. The Balaban J connectivity index is 0.000000118. The third kappa shape index (κ3) is 17.4. The number of para-hydroxylation sites is 3. The van der Waals surface area contributed by atoms with Crippen molar-refractivity contribution in [1.29, 1.82) is 0 Å². The van der Waals surface area contributed by atoms with E-state index in [1.807, 2.05) is 217 Å². The standard InChI is InChI=1S/C28H23N7O.2C24H17ClFN5O.C24H18FN5O/c1-18(33-27-26-23(30-17-31-27)12-7-13-29-26)24-14-19-8-6-11-22(20-15-32-34(2)16-20)25(19)28(36)35(24)21-9-4-3-5-10-21;1-14(30-23-22-19(28-13-29-23)9-4-10-27-22)20-11-15-5-2-8-18(25)21(15)24(32)31(20)17-7-3-6-16(26)12-17;1-14(30-23-22-18(28-13-29-23)8-5-11-27-22)19-12-15-9-10-17(26)21(25)20(15)24(32)31(19)16-6-3-2-4-7-16;1-15(29-23-22-20(27-14-28-23)8-5-11-26-22)21-12-16-9-10-17(25)13-19(16)24(31)30(21)18-6-3-2-4-7-18/h3-18H,1-2H3,(H,30,31,33);2*2-14H,1H3,(H,28,29,30);2-15H,1H3,(H,27,28,29)/t18-;2*14-;15-/m0000/s1. The summed E-state index contributed by atoms with van der Waals surface area (Å²) in [5.74, 6) is 0.759. The van der Waals surface area contributed by atoms with Gasteiger partial charge in [0.15, 0.2) is 23.3 Å². The van der Waals surface area contributed by atoms with Gasteiger partial charge in [0.2, 0.25) is 0 Å². The number of anilines is 4. The lowest BCUT2D eigenvalue weighted by Crippen LogP contribution is -2.26. The molecule has 0 aliphatic carbocycles. The zero-order chi connectivity index (χ0) is 90.5. The van der Waals surface area contributed by atoms with Crippen LogP contribution in [0.25, 0.3) is 121 Å². The zero-order valence-corrected chi connectivity index (χ0v) is 71.9. The smallest absolute Gasteiger partial charge is 0.264 e. The number of hydrogen-bond donors (Lipinski definition) is 4. The molecule has 0 radical (unpaired) electrons. The van der Waals surface area contributed by atoms with Crippen LogP contribution in [0, 0.1) is 17.5 Å². The summed E-state index contributed by atoms with van der Waals surface area (Å²) < 4.78 is 50.2. The molecule has 0 aliphatic rings. The van der Waals surface area contributed by atoms with Gasteiger partial charge in [-0.15, -0.1) is 0 Å². The maximum atomic E-state index is 14.2. The fraction of sp³-hybridized carbons (Fsp3) is 0.0900. The van der Waals surface area contributed by atoms with Gasteiger partial charge in [-0.25, -0.2) is 53.0 Å². The van der Waals surface area contributed by atoms with E-state index < -0.39 is 23.0 Å². The van der Waals surface area contributed by atoms with E-state index in [1.54, 1.807) is 91.8 Å². The predicted octanol–water partition coefficient (Wildman–Crippen LogP) is 20.1.